The quantitative estimate of drug-likeness (QED) is 0.784. The predicted molar refractivity (Wildman–Crippen MR) is 87.2 cm³/mol. The van der Waals surface area contributed by atoms with Crippen LogP contribution in [-0.2, 0) is 16.8 Å². The van der Waals surface area contributed by atoms with Gasteiger partial charge in [-0.1, -0.05) is 32.9 Å². The van der Waals surface area contributed by atoms with E-state index in [1.54, 1.807) is 6.08 Å². The third-order valence-corrected chi connectivity index (χ3v) is 4.58. The summed E-state index contributed by atoms with van der Waals surface area (Å²) in [4.78, 5) is 11.7. The molecule has 0 radical (unpaired) electrons. The van der Waals surface area contributed by atoms with Crippen molar-refractivity contribution in [1.29, 1.82) is 0 Å². The summed E-state index contributed by atoms with van der Waals surface area (Å²) in [5.41, 5.74) is 7.89. The maximum atomic E-state index is 11.7. The number of rotatable bonds is 7. The van der Waals surface area contributed by atoms with Crippen LogP contribution in [0.15, 0.2) is 24.3 Å². The van der Waals surface area contributed by atoms with Crippen LogP contribution in [0.2, 0.25) is 0 Å². The molecule has 1 aromatic rings. The second kappa shape index (κ2) is 6.97. The lowest BCUT2D eigenvalue weighted by molar-refractivity contribution is -0.114. The Morgan fingerprint density at radius 1 is 1.27 bits per heavy atom. The number of fused-ring (bicyclic) bond motifs is 1. The number of hydrogen-bond donors (Lipinski definition) is 1. The molecular formula is C18H25NO3. The van der Waals surface area contributed by atoms with Gasteiger partial charge in [-0.15, -0.1) is 0 Å². The van der Waals surface area contributed by atoms with Crippen LogP contribution in [0.3, 0.4) is 0 Å². The Morgan fingerprint density at radius 3 is 2.59 bits per heavy atom. The molecule has 0 aliphatic carbocycles. The number of allylic oxidation sites excluding steroid dienone is 2. The summed E-state index contributed by atoms with van der Waals surface area (Å²) in [6.07, 6.45) is 6.05. The number of carbonyl (C=O) groups is 1. The average Bonchev–Trinajstić information content (AvgIpc) is 3.04. The van der Waals surface area contributed by atoms with E-state index in [-0.39, 0.29) is 18.0 Å². The largest absolute Gasteiger partial charge is 0.454 e. The number of carbonyl (C=O) groups excluding carboxylic acids is 1. The van der Waals surface area contributed by atoms with Crippen molar-refractivity contribution in [2.45, 2.75) is 52.0 Å². The predicted octanol–water partition coefficient (Wildman–Crippen LogP) is 3.47. The van der Waals surface area contributed by atoms with Gasteiger partial charge in [-0.25, -0.2) is 0 Å². The molecule has 0 atom stereocenters. The zero-order valence-electron chi connectivity index (χ0n) is 13.6. The molecule has 1 heterocycles. The summed E-state index contributed by atoms with van der Waals surface area (Å²) in [6.45, 7) is 6.77. The molecule has 1 aliphatic heterocycles. The molecule has 0 aromatic heterocycles. The zero-order chi connectivity index (χ0) is 16.2. The number of nitrogens with two attached hydrogens (primary N) is 1. The molecule has 2 N–H and O–H groups in total. The lowest BCUT2D eigenvalue weighted by Crippen LogP contribution is -2.25. The first-order valence-corrected chi connectivity index (χ1v) is 7.95. The summed E-state index contributed by atoms with van der Waals surface area (Å²) in [7, 11) is 0. The molecule has 1 aromatic carbocycles. The maximum absolute atomic E-state index is 11.7. The van der Waals surface area contributed by atoms with Crippen LogP contribution in [0.25, 0.3) is 0 Å². The Hall–Kier alpha value is -1.81. The lowest BCUT2D eigenvalue weighted by Gasteiger charge is -2.31. The fourth-order valence-electron chi connectivity index (χ4n) is 3.03. The molecular weight excluding hydrogens is 278 g/mol. The zero-order valence-corrected chi connectivity index (χ0v) is 13.6. The molecule has 4 heteroatoms. The first-order chi connectivity index (χ1) is 10.6. The molecule has 0 unspecified atom stereocenters. The van der Waals surface area contributed by atoms with Crippen molar-refractivity contribution in [2.24, 2.45) is 5.73 Å². The van der Waals surface area contributed by atoms with Gasteiger partial charge in [-0.2, -0.15) is 0 Å². The van der Waals surface area contributed by atoms with Crippen molar-refractivity contribution in [3.05, 3.63) is 35.4 Å². The monoisotopic (exact) mass is 303 g/mol. The summed E-state index contributed by atoms with van der Waals surface area (Å²) in [5.74, 6) is 1.64. The third kappa shape index (κ3) is 2.88. The highest BCUT2D eigenvalue weighted by atomic mass is 16.7. The Labute approximate surface area is 132 Å². The number of ether oxygens (including phenoxy) is 2. The van der Waals surface area contributed by atoms with E-state index in [9.17, 15) is 4.79 Å². The van der Waals surface area contributed by atoms with Crippen LogP contribution in [0.5, 0.6) is 11.5 Å². The Balaban J connectivity index is 2.53. The minimum Gasteiger partial charge on any atom is -0.454 e. The first-order valence-electron chi connectivity index (χ1n) is 7.95. The molecule has 0 saturated carbocycles. The van der Waals surface area contributed by atoms with Crippen molar-refractivity contribution in [3.63, 3.8) is 0 Å². The van der Waals surface area contributed by atoms with E-state index < -0.39 is 0 Å². The van der Waals surface area contributed by atoms with Gasteiger partial charge in [0.2, 0.25) is 6.79 Å². The van der Waals surface area contributed by atoms with E-state index >= 15 is 0 Å². The number of ketones is 1. The molecule has 0 amide bonds. The van der Waals surface area contributed by atoms with Gasteiger partial charge in [0, 0.05) is 23.9 Å². The van der Waals surface area contributed by atoms with Gasteiger partial charge < -0.3 is 15.2 Å². The topological polar surface area (TPSA) is 61.6 Å². The van der Waals surface area contributed by atoms with Gasteiger partial charge in [0.15, 0.2) is 17.3 Å². The summed E-state index contributed by atoms with van der Waals surface area (Å²) in [6, 6.07) is 4.00. The molecule has 0 bridgehead atoms. The first kappa shape index (κ1) is 16.6. The molecule has 2 rings (SSSR count). The smallest absolute Gasteiger partial charge is 0.231 e. The van der Waals surface area contributed by atoms with Crippen LogP contribution in [0.1, 0.15) is 51.2 Å². The van der Waals surface area contributed by atoms with Crippen molar-refractivity contribution >= 4 is 5.78 Å². The van der Waals surface area contributed by atoms with E-state index in [0.29, 0.717) is 13.0 Å². The van der Waals surface area contributed by atoms with E-state index in [1.807, 2.05) is 19.1 Å². The fourth-order valence-corrected chi connectivity index (χ4v) is 3.03. The molecule has 0 saturated heterocycles. The minimum atomic E-state index is -0.208. The van der Waals surface area contributed by atoms with Crippen LogP contribution < -0.4 is 15.2 Å². The van der Waals surface area contributed by atoms with Crippen molar-refractivity contribution < 1.29 is 14.3 Å². The standard InChI is InChI=1S/C18H25NO3/c1-4-13(20)9-10-18(5-2,6-3)15-7-8-16-17(14(15)11-19)22-12-21-16/h7-10H,4-6,11-12,19H2,1-3H3/b10-9-. The normalized spacial score (nSPS) is 13.8. The molecule has 0 fully saturated rings. The van der Waals surface area contributed by atoms with Gasteiger partial charge in [0.05, 0.1) is 0 Å². The molecule has 1 aliphatic rings. The maximum Gasteiger partial charge on any atom is 0.231 e. The van der Waals surface area contributed by atoms with Gasteiger partial charge in [-0.05, 0) is 30.5 Å². The number of benzene rings is 1. The molecule has 120 valence electrons. The van der Waals surface area contributed by atoms with Crippen LogP contribution in [0, 0.1) is 0 Å². The van der Waals surface area contributed by atoms with Crippen LogP contribution >= 0.6 is 0 Å². The highest BCUT2D eigenvalue weighted by Gasteiger charge is 2.31. The Kier molecular flexibility index (Phi) is 5.24. The fraction of sp³-hybridized carbons (Fsp3) is 0.500. The van der Waals surface area contributed by atoms with Gasteiger partial charge >= 0.3 is 0 Å². The van der Waals surface area contributed by atoms with E-state index in [4.69, 9.17) is 15.2 Å². The highest BCUT2D eigenvalue weighted by Crippen LogP contribution is 2.44. The van der Waals surface area contributed by atoms with E-state index in [0.717, 1.165) is 35.5 Å². The summed E-state index contributed by atoms with van der Waals surface area (Å²) >= 11 is 0. The minimum absolute atomic E-state index is 0.140. The van der Waals surface area contributed by atoms with Crippen LogP contribution in [-0.4, -0.2) is 12.6 Å². The summed E-state index contributed by atoms with van der Waals surface area (Å²) in [5, 5.41) is 0. The van der Waals surface area contributed by atoms with E-state index in [1.165, 1.54) is 0 Å². The molecule has 22 heavy (non-hydrogen) atoms. The number of hydrogen-bond acceptors (Lipinski definition) is 4. The molecule has 4 nitrogen and oxygen atoms in total. The average molecular weight is 303 g/mol. The summed E-state index contributed by atoms with van der Waals surface area (Å²) < 4.78 is 11.0. The SMILES string of the molecule is CCC(=O)/C=C\C(CC)(CC)c1ccc2c(c1CN)OCO2. The van der Waals surface area contributed by atoms with Crippen LogP contribution in [0.4, 0.5) is 0 Å². The van der Waals surface area contributed by atoms with Crippen molar-refractivity contribution in [2.75, 3.05) is 6.79 Å². The van der Waals surface area contributed by atoms with Gasteiger partial charge in [-0.3, -0.25) is 4.79 Å². The lowest BCUT2D eigenvalue weighted by atomic mass is 9.73. The van der Waals surface area contributed by atoms with Gasteiger partial charge in [0.25, 0.3) is 0 Å². The molecule has 0 spiro atoms. The Bertz CT molecular complexity index is 574. The highest BCUT2D eigenvalue weighted by molar-refractivity contribution is 5.89. The van der Waals surface area contributed by atoms with E-state index in [2.05, 4.69) is 19.9 Å². The second-order valence-electron chi connectivity index (χ2n) is 5.55. The van der Waals surface area contributed by atoms with Crippen molar-refractivity contribution in [3.8, 4) is 11.5 Å². The Morgan fingerprint density at radius 2 is 2.00 bits per heavy atom. The third-order valence-electron chi connectivity index (χ3n) is 4.58. The van der Waals surface area contributed by atoms with Gasteiger partial charge in [0.1, 0.15) is 0 Å². The second-order valence-corrected chi connectivity index (χ2v) is 5.55. The van der Waals surface area contributed by atoms with Crippen molar-refractivity contribution in [1.82, 2.24) is 0 Å².